The zero-order chi connectivity index (χ0) is 24.0. The number of nitrogens with two attached hydrogens (primary N) is 2. The van der Waals surface area contributed by atoms with Crippen LogP contribution in [-0.4, -0.2) is 16.2 Å². The number of esters is 1. The van der Waals surface area contributed by atoms with E-state index in [0.29, 0.717) is 18.4 Å². The lowest BCUT2D eigenvalue weighted by molar-refractivity contribution is -0.147. The molecule has 0 fully saturated rings. The fourth-order valence-electron chi connectivity index (χ4n) is 3.77. The Hall–Kier alpha value is -3.86. The Kier molecular flexibility index (Phi) is 7.67. The Labute approximate surface area is 192 Å². The second-order valence-corrected chi connectivity index (χ2v) is 7.96. The smallest absolute Gasteiger partial charge is 0.303 e. The van der Waals surface area contributed by atoms with Crippen molar-refractivity contribution in [1.82, 2.24) is 0 Å². The van der Waals surface area contributed by atoms with Gasteiger partial charge in [0.1, 0.15) is 17.6 Å². The SMILES string of the molecule is CC(=O)OC(CC(N)c1ccc(O)cc1)c1ccc(C#N)cc1CC(N)c1ccc(O)cc1. The third kappa shape index (κ3) is 6.32. The number of nitriles is 1. The molecule has 7 heteroatoms. The van der Waals surface area contributed by atoms with Crippen molar-refractivity contribution in [3.05, 3.63) is 94.5 Å². The number of carbonyl (C=O) groups excluding carboxylic acids is 1. The molecule has 33 heavy (non-hydrogen) atoms. The quantitative estimate of drug-likeness (QED) is 0.385. The van der Waals surface area contributed by atoms with E-state index in [1.807, 2.05) is 0 Å². The first-order chi connectivity index (χ1) is 15.8. The van der Waals surface area contributed by atoms with Crippen LogP contribution < -0.4 is 11.5 Å². The number of nitrogens with zero attached hydrogens (tertiary/aromatic N) is 1. The van der Waals surface area contributed by atoms with Gasteiger partial charge in [-0.05, 0) is 65.1 Å². The monoisotopic (exact) mass is 445 g/mol. The Bertz CT molecular complexity index is 1140. The number of benzene rings is 3. The van der Waals surface area contributed by atoms with E-state index >= 15 is 0 Å². The van der Waals surface area contributed by atoms with Crippen molar-refractivity contribution in [2.75, 3.05) is 0 Å². The third-order valence-corrected chi connectivity index (χ3v) is 5.48. The highest BCUT2D eigenvalue weighted by Gasteiger charge is 2.24. The van der Waals surface area contributed by atoms with Gasteiger partial charge in [0.25, 0.3) is 0 Å². The van der Waals surface area contributed by atoms with Crippen molar-refractivity contribution in [2.24, 2.45) is 11.5 Å². The zero-order valence-corrected chi connectivity index (χ0v) is 18.3. The molecule has 7 nitrogen and oxygen atoms in total. The molecule has 0 heterocycles. The minimum atomic E-state index is -0.652. The van der Waals surface area contributed by atoms with Crippen LogP contribution >= 0.6 is 0 Å². The van der Waals surface area contributed by atoms with Gasteiger partial charge in [-0.25, -0.2) is 0 Å². The molecule has 3 aromatic carbocycles. The highest BCUT2D eigenvalue weighted by molar-refractivity contribution is 5.66. The lowest BCUT2D eigenvalue weighted by Crippen LogP contribution is -2.20. The van der Waals surface area contributed by atoms with Crippen LogP contribution in [0.5, 0.6) is 11.5 Å². The molecule has 0 aliphatic carbocycles. The molecular formula is C26H27N3O4. The van der Waals surface area contributed by atoms with Gasteiger partial charge in [0.15, 0.2) is 0 Å². The summed E-state index contributed by atoms with van der Waals surface area (Å²) < 4.78 is 5.64. The van der Waals surface area contributed by atoms with Gasteiger partial charge in [-0.15, -0.1) is 0 Å². The minimum Gasteiger partial charge on any atom is -0.508 e. The second kappa shape index (κ2) is 10.6. The Morgan fingerprint density at radius 1 is 0.939 bits per heavy atom. The maximum absolute atomic E-state index is 11.9. The van der Waals surface area contributed by atoms with Gasteiger partial charge >= 0.3 is 5.97 Å². The van der Waals surface area contributed by atoms with Gasteiger partial charge < -0.3 is 26.4 Å². The molecule has 0 aliphatic rings. The number of aromatic hydroxyl groups is 2. The molecule has 0 spiro atoms. The summed E-state index contributed by atoms with van der Waals surface area (Å²) in [6.07, 6.45) is 0.0422. The van der Waals surface area contributed by atoms with Gasteiger partial charge in [-0.2, -0.15) is 5.26 Å². The Morgan fingerprint density at radius 3 is 2.00 bits per heavy atom. The van der Waals surface area contributed by atoms with Crippen LogP contribution in [0.15, 0.2) is 66.7 Å². The van der Waals surface area contributed by atoms with E-state index < -0.39 is 24.2 Å². The average molecular weight is 446 g/mol. The molecule has 0 aromatic heterocycles. The van der Waals surface area contributed by atoms with E-state index in [0.717, 1.165) is 22.3 Å². The van der Waals surface area contributed by atoms with Crippen LogP contribution in [0.1, 0.15) is 59.3 Å². The van der Waals surface area contributed by atoms with E-state index in [1.54, 1.807) is 66.7 Å². The molecule has 0 saturated carbocycles. The molecule has 6 N–H and O–H groups in total. The molecule has 170 valence electrons. The summed E-state index contributed by atoms with van der Waals surface area (Å²) >= 11 is 0. The summed E-state index contributed by atoms with van der Waals surface area (Å²) in [4.78, 5) is 11.9. The average Bonchev–Trinajstić information content (AvgIpc) is 2.79. The number of ether oxygens (including phenoxy) is 1. The summed E-state index contributed by atoms with van der Waals surface area (Å²) in [7, 11) is 0. The summed E-state index contributed by atoms with van der Waals surface area (Å²) in [6.45, 7) is 1.34. The first-order valence-corrected chi connectivity index (χ1v) is 10.6. The molecule has 3 aromatic rings. The molecule has 3 rings (SSSR count). The molecule has 0 bridgehead atoms. The molecule has 0 radical (unpaired) electrons. The number of rotatable bonds is 8. The zero-order valence-electron chi connectivity index (χ0n) is 18.3. The van der Waals surface area contributed by atoms with Crippen molar-refractivity contribution in [1.29, 1.82) is 5.26 Å². The van der Waals surface area contributed by atoms with E-state index in [4.69, 9.17) is 16.2 Å². The van der Waals surface area contributed by atoms with Crippen molar-refractivity contribution < 1.29 is 19.7 Å². The lowest BCUT2D eigenvalue weighted by Gasteiger charge is -2.25. The largest absolute Gasteiger partial charge is 0.508 e. The predicted octanol–water partition coefficient (Wildman–Crippen LogP) is 3.91. The van der Waals surface area contributed by atoms with Crippen molar-refractivity contribution in [3.8, 4) is 17.6 Å². The summed E-state index contributed by atoms with van der Waals surface area (Å²) in [5, 5.41) is 28.5. The molecule has 0 amide bonds. The Morgan fingerprint density at radius 2 is 1.48 bits per heavy atom. The number of hydrogen-bond donors (Lipinski definition) is 4. The highest BCUT2D eigenvalue weighted by Crippen LogP contribution is 2.33. The first-order valence-electron chi connectivity index (χ1n) is 10.6. The van der Waals surface area contributed by atoms with E-state index in [9.17, 15) is 20.3 Å². The fraction of sp³-hybridized carbons (Fsp3) is 0.231. The van der Waals surface area contributed by atoms with Crippen LogP contribution in [0.25, 0.3) is 0 Å². The Balaban J connectivity index is 1.93. The van der Waals surface area contributed by atoms with E-state index in [1.165, 1.54) is 6.92 Å². The maximum Gasteiger partial charge on any atom is 0.303 e. The number of carbonyl (C=O) groups is 1. The van der Waals surface area contributed by atoms with Gasteiger partial charge in [-0.1, -0.05) is 30.3 Å². The predicted molar refractivity (Wildman–Crippen MR) is 124 cm³/mol. The van der Waals surface area contributed by atoms with E-state index in [-0.39, 0.29) is 11.5 Å². The van der Waals surface area contributed by atoms with Gasteiger partial charge in [0.05, 0.1) is 11.6 Å². The van der Waals surface area contributed by atoms with Crippen LogP contribution in [0.4, 0.5) is 0 Å². The number of phenolic OH excluding ortho intramolecular Hbond substituents is 2. The molecule has 3 atom stereocenters. The first kappa shape index (κ1) is 23.8. The third-order valence-electron chi connectivity index (χ3n) is 5.48. The second-order valence-electron chi connectivity index (χ2n) is 7.96. The van der Waals surface area contributed by atoms with Gasteiger partial charge in [0.2, 0.25) is 0 Å². The topological polar surface area (TPSA) is 143 Å². The molecule has 3 unspecified atom stereocenters. The van der Waals surface area contributed by atoms with E-state index in [2.05, 4.69) is 6.07 Å². The van der Waals surface area contributed by atoms with Crippen LogP contribution in [-0.2, 0) is 16.0 Å². The lowest BCUT2D eigenvalue weighted by atomic mass is 9.89. The highest BCUT2D eigenvalue weighted by atomic mass is 16.5. The number of phenols is 2. The van der Waals surface area contributed by atoms with Crippen molar-refractivity contribution >= 4 is 5.97 Å². The molecular weight excluding hydrogens is 418 g/mol. The van der Waals surface area contributed by atoms with Crippen LogP contribution in [0.3, 0.4) is 0 Å². The minimum absolute atomic E-state index is 0.139. The molecule has 0 saturated heterocycles. The standard InChI is InChI=1S/C26H27N3O4/c1-16(30)33-26(14-25(29)19-5-9-22(32)10-6-19)23-11-2-17(15-27)12-20(23)13-24(28)18-3-7-21(31)8-4-18/h2-12,24-26,31-32H,13-14,28-29H2,1H3. The van der Waals surface area contributed by atoms with Gasteiger partial charge in [-0.3, -0.25) is 4.79 Å². The fourth-order valence-corrected chi connectivity index (χ4v) is 3.77. The summed E-state index contributed by atoms with van der Waals surface area (Å²) in [5.41, 5.74) is 16.4. The van der Waals surface area contributed by atoms with Crippen LogP contribution in [0.2, 0.25) is 0 Å². The molecule has 0 aliphatic heterocycles. The van der Waals surface area contributed by atoms with Crippen LogP contribution in [0, 0.1) is 11.3 Å². The van der Waals surface area contributed by atoms with Crippen molar-refractivity contribution in [2.45, 2.75) is 38.0 Å². The normalized spacial score (nSPS) is 13.5. The number of hydrogen-bond acceptors (Lipinski definition) is 7. The van der Waals surface area contributed by atoms with Crippen molar-refractivity contribution in [3.63, 3.8) is 0 Å². The summed E-state index contributed by atoms with van der Waals surface area (Å²) in [5.74, 6) is -0.160. The maximum atomic E-state index is 11.9. The van der Waals surface area contributed by atoms with Gasteiger partial charge in [0, 0.05) is 25.4 Å². The summed E-state index contributed by atoms with van der Waals surface area (Å²) in [6, 6.07) is 19.7.